The van der Waals surface area contributed by atoms with Crippen molar-refractivity contribution in [2.45, 2.75) is 0 Å². The van der Waals surface area contributed by atoms with E-state index < -0.39 is 7.12 Å². The van der Waals surface area contributed by atoms with Crippen LogP contribution in [0.4, 0.5) is 0 Å². The van der Waals surface area contributed by atoms with Crippen molar-refractivity contribution < 1.29 is 10.0 Å². The fourth-order valence-electron chi connectivity index (χ4n) is 0.354. The van der Waals surface area contributed by atoms with Gasteiger partial charge in [0.25, 0.3) is 0 Å². The molecule has 0 bridgehead atoms. The Labute approximate surface area is 71.5 Å². The Kier molecular flexibility index (Phi) is 5.03. The second kappa shape index (κ2) is 5.24. The molecule has 0 spiro atoms. The predicted molar refractivity (Wildman–Crippen MR) is 51.1 cm³/mol. The minimum Gasteiger partial charge on any atom is -0.423 e. The van der Waals surface area contributed by atoms with E-state index in [-0.39, 0.29) is 5.47 Å². The largest absolute Gasteiger partial charge is 0.487 e. The molecule has 0 aromatic heterocycles. The minimum atomic E-state index is -1.47. The average molecular weight is 170 g/mol. The van der Waals surface area contributed by atoms with Crippen LogP contribution in [0.5, 0.6) is 0 Å². The van der Waals surface area contributed by atoms with Crippen molar-refractivity contribution in [2.24, 2.45) is 0 Å². The molecule has 11 heavy (non-hydrogen) atoms. The molecule has 0 aliphatic heterocycles. The van der Waals surface area contributed by atoms with Crippen LogP contribution < -0.4 is 0 Å². The van der Waals surface area contributed by atoms with Gasteiger partial charge in [-0.1, -0.05) is 19.2 Å². The van der Waals surface area contributed by atoms with E-state index in [4.69, 9.17) is 10.0 Å². The van der Waals surface area contributed by atoms with Crippen molar-refractivity contribution in [2.75, 3.05) is 6.26 Å². The molecule has 0 unspecified atom stereocenters. The minimum absolute atomic E-state index is 0.264. The summed E-state index contributed by atoms with van der Waals surface area (Å²) in [6, 6.07) is 0. The molecule has 0 saturated carbocycles. The molecule has 2 N–H and O–H groups in total. The van der Waals surface area contributed by atoms with Crippen LogP contribution in [-0.2, 0) is 0 Å². The van der Waals surface area contributed by atoms with Gasteiger partial charge in [-0.05, 0) is 22.7 Å². The van der Waals surface area contributed by atoms with Crippen molar-refractivity contribution in [3.05, 3.63) is 35.7 Å². The highest BCUT2D eigenvalue weighted by molar-refractivity contribution is 8.02. The molecular formula is C7H11BO2S. The molecule has 0 atom stereocenters. The first-order chi connectivity index (χ1) is 5.07. The number of thioether (sulfide) groups is 1. The number of allylic oxidation sites excluding steroid dienone is 3. The Morgan fingerprint density at radius 3 is 2.27 bits per heavy atom. The topological polar surface area (TPSA) is 40.5 Å². The Bertz CT molecular complexity index is 187. The van der Waals surface area contributed by atoms with Gasteiger partial charge in [0.15, 0.2) is 0 Å². The quantitative estimate of drug-likeness (QED) is 0.488. The van der Waals surface area contributed by atoms with Gasteiger partial charge in [-0.3, -0.25) is 0 Å². The van der Waals surface area contributed by atoms with Gasteiger partial charge in [-0.25, -0.2) is 0 Å². The van der Waals surface area contributed by atoms with Crippen LogP contribution in [0.25, 0.3) is 0 Å². The van der Waals surface area contributed by atoms with Gasteiger partial charge < -0.3 is 10.0 Å². The van der Waals surface area contributed by atoms with E-state index in [2.05, 4.69) is 13.2 Å². The second-order valence-corrected chi connectivity index (χ2v) is 2.88. The lowest BCUT2D eigenvalue weighted by Crippen LogP contribution is -2.12. The molecule has 0 saturated heterocycles. The zero-order valence-corrected chi connectivity index (χ0v) is 7.27. The maximum absolute atomic E-state index is 8.57. The van der Waals surface area contributed by atoms with Gasteiger partial charge in [0, 0.05) is 0 Å². The van der Waals surface area contributed by atoms with Gasteiger partial charge in [0.05, 0.1) is 0 Å². The van der Waals surface area contributed by atoms with Gasteiger partial charge >= 0.3 is 7.12 Å². The first-order valence-corrected chi connectivity index (χ1v) is 4.26. The van der Waals surface area contributed by atoms with Gasteiger partial charge in [-0.2, -0.15) is 0 Å². The molecular weight excluding hydrogens is 159 g/mol. The highest BCUT2D eigenvalue weighted by Gasteiger charge is 2.07. The van der Waals surface area contributed by atoms with E-state index in [9.17, 15) is 0 Å². The zero-order chi connectivity index (χ0) is 8.85. The van der Waals surface area contributed by atoms with Crippen LogP contribution in [-0.4, -0.2) is 23.4 Å². The number of hydrogen-bond acceptors (Lipinski definition) is 3. The van der Waals surface area contributed by atoms with E-state index in [1.165, 1.54) is 17.8 Å². The fraction of sp³-hybridized carbons (Fsp3) is 0.143. The molecule has 2 nitrogen and oxygen atoms in total. The predicted octanol–water partition coefficient (Wildman–Crippen LogP) is 0.987. The SMILES string of the molecule is C=C(/C=C\C(=C)B(O)O)SC. The number of hydrogen-bond donors (Lipinski definition) is 2. The van der Waals surface area contributed by atoms with Crippen LogP contribution in [0.2, 0.25) is 0 Å². The van der Waals surface area contributed by atoms with Gasteiger partial charge in [0.1, 0.15) is 0 Å². The normalized spacial score (nSPS) is 10.1. The Morgan fingerprint density at radius 2 is 1.91 bits per heavy atom. The molecule has 0 aliphatic carbocycles. The van der Waals surface area contributed by atoms with Gasteiger partial charge in [0.2, 0.25) is 0 Å². The van der Waals surface area contributed by atoms with Crippen LogP contribution >= 0.6 is 11.8 Å². The Balaban J connectivity index is 3.93. The highest BCUT2D eigenvalue weighted by atomic mass is 32.2. The summed E-state index contributed by atoms with van der Waals surface area (Å²) in [5, 5.41) is 17.1. The standard InChI is InChI=1S/C7H11BO2S/c1-6(8(9)10)4-5-7(2)11-3/h4-5,9-10H,1-2H2,3H3/b5-4-. The first-order valence-electron chi connectivity index (χ1n) is 3.04. The van der Waals surface area contributed by atoms with E-state index in [0.29, 0.717) is 0 Å². The molecule has 0 rings (SSSR count). The third-order valence-corrected chi connectivity index (χ3v) is 1.74. The third-order valence-electron chi connectivity index (χ3n) is 1.08. The molecule has 4 heteroatoms. The Morgan fingerprint density at radius 1 is 1.36 bits per heavy atom. The van der Waals surface area contributed by atoms with Crippen LogP contribution in [0.1, 0.15) is 0 Å². The molecule has 0 amide bonds. The number of rotatable bonds is 4. The fourth-order valence-corrected chi connectivity index (χ4v) is 0.558. The summed E-state index contributed by atoms with van der Waals surface area (Å²) in [7, 11) is -1.47. The van der Waals surface area contributed by atoms with E-state index in [1.807, 2.05) is 6.26 Å². The summed E-state index contributed by atoms with van der Waals surface area (Å²) >= 11 is 1.49. The van der Waals surface area contributed by atoms with Crippen molar-refractivity contribution in [3.63, 3.8) is 0 Å². The van der Waals surface area contributed by atoms with Crippen molar-refractivity contribution >= 4 is 18.9 Å². The monoisotopic (exact) mass is 170 g/mol. The smallest absolute Gasteiger partial charge is 0.423 e. The van der Waals surface area contributed by atoms with Crippen LogP contribution in [0.3, 0.4) is 0 Å². The molecule has 0 fully saturated rings. The van der Waals surface area contributed by atoms with E-state index >= 15 is 0 Å². The van der Waals surface area contributed by atoms with E-state index in [1.54, 1.807) is 6.08 Å². The first kappa shape index (κ1) is 10.6. The Hall–Kier alpha value is -0.445. The zero-order valence-electron chi connectivity index (χ0n) is 6.45. The maximum Gasteiger partial charge on any atom is 0.487 e. The summed E-state index contributed by atoms with van der Waals surface area (Å²) < 4.78 is 0. The van der Waals surface area contributed by atoms with Crippen LogP contribution in [0, 0.1) is 0 Å². The molecule has 60 valence electrons. The van der Waals surface area contributed by atoms with Crippen molar-refractivity contribution in [1.29, 1.82) is 0 Å². The average Bonchev–Trinajstić information content (AvgIpc) is 1.99. The lowest BCUT2D eigenvalue weighted by Gasteiger charge is -1.95. The molecule has 0 aromatic carbocycles. The van der Waals surface area contributed by atoms with Crippen LogP contribution in [0.15, 0.2) is 35.7 Å². The lowest BCUT2D eigenvalue weighted by molar-refractivity contribution is 0.421. The molecule has 0 aromatic rings. The summed E-state index contributed by atoms with van der Waals surface area (Å²) in [5.74, 6) is 0. The summed E-state index contributed by atoms with van der Waals surface area (Å²) in [6.45, 7) is 7.10. The summed E-state index contributed by atoms with van der Waals surface area (Å²) in [5.41, 5.74) is 0.264. The lowest BCUT2D eigenvalue weighted by atomic mass is 9.80. The second-order valence-electron chi connectivity index (χ2n) is 1.95. The van der Waals surface area contributed by atoms with Crippen molar-refractivity contribution in [3.8, 4) is 0 Å². The third kappa shape index (κ3) is 4.90. The summed E-state index contributed by atoms with van der Waals surface area (Å²) in [4.78, 5) is 0.854. The maximum atomic E-state index is 8.57. The van der Waals surface area contributed by atoms with E-state index in [0.717, 1.165) is 4.91 Å². The van der Waals surface area contributed by atoms with Crippen molar-refractivity contribution in [1.82, 2.24) is 0 Å². The summed E-state index contributed by atoms with van der Waals surface area (Å²) in [6.07, 6.45) is 5.11. The molecule has 0 aliphatic rings. The highest BCUT2D eigenvalue weighted by Crippen LogP contribution is 2.10. The van der Waals surface area contributed by atoms with Gasteiger partial charge in [-0.15, -0.1) is 11.8 Å². The molecule has 0 radical (unpaired) electrons. The molecule has 0 heterocycles.